The summed E-state index contributed by atoms with van der Waals surface area (Å²) >= 11 is 0. The van der Waals surface area contributed by atoms with E-state index in [-0.39, 0.29) is 11.8 Å². The molecule has 160 valence electrons. The van der Waals surface area contributed by atoms with Gasteiger partial charge < -0.3 is 10.1 Å². The van der Waals surface area contributed by atoms with Crippen LogP contribution in [-0.2, 0) is 17.9 Å². The monoisotopic (exact) mass is 414 g/mol. The number of nitrogens with zero attached hydrogens (tertiary/aromatic N) is 1. The van der Waals surface area contributed by atoms with Gasteiger partial charge >= 0.3 is 0 Å². The number of hydrogen-bond donors (Lipinski definition) is 1. The van der Waals surface area contributed by atoms with Crippen LogP contribution in [0.15, 0.2) is 78.9 Å². The molecule has 3 aromatic rings. The Kier molecular flexibility index (Phi) is 7.00. The summed E-state index contributed by atoms with van der Waals surface area (Å²) in [6, 6.07) is 26.4. The van der Waals surface area contributed by atoms with Crippen LogP contribution in [0.4, 0.5) is 5.69 Å². The Labute approximate surface area is 184 Å². The van der Waals surface area contributed by atoms with Crippen molar-refractivity contribution < 1.29 is 9.53 Å². The molecule has 31 heavy (non-hydrogen) atoms. The smallest absolute Gasteiger partial charge is 0.227 e. The number of benzene rings is 3. The van der Waals surface area contributed by atoms with Gasteiger partial charge in [0.2, 0.25) is 5.91 Å². The molecule has 4 rings (SSSR count). The molecule has 0 radical (unpaired) electrons. The number of hydrogen-bond acceptors (Lipinski definition) is 3. The lowest BCUT2D eigenvalue weighted by molar-refractivity contribution is -0.121. The van der Waals surface area contributed by atoms with Crippen LogP contribution >= 0.6 is 0 Å². The van der Waals surface area contributed by atoms with Crippen molar-refractivity contribution in [2.24, 2.45) is 5.92 Å². The van der Waals surface area contributed by atoms with Crippen molar-refractivity contribution in [2.75, 3.05) is 18.4 Å². The Morgan fingerprint density at radius 2 is 1.58 bits per heavy atom. The van der Waals surface area contributed by atoms with Crippen LogP contribution in [0.2, 0.25) is 0 Å². The Balaban J connectivity index is 1.22. The molecule has 1 saturated heterocycles. The highest BCUT2D eigenvalue weighted by atomic mass is 16.5. The number of likely N-dealkylation sites (tertiary alicyclic amines) is 1. The number of nitrogens with one attached hydrogen (secondary N) is 1. The summed E-state index contributed by atoms with van der Waals surface area (Å²) in [5, 5.41) is 3.07. The fourth-order valence-corrected chi connectivity index (χ4v) is 3.92. The molecule has 0 aromatic heterocycles. The summed E-state index contributed by atoms with van der Waals surface area (Å²) in [6.45, 7) is 5.52. The summed E-state index contributed by atoms with van der Waals surface area (Å²) in [7, 11) is 0. The molecule has 1 aliphatic rings. The van der Waals surface area contributed by atoms with Crippen LogP contribution in [0.1, 0.15) is 29.5 Å². The first-order valence-corrected chi connectivity index (χ1v) is 11.0. The lowest BCUT2D eigenvalue weighted by Crippen LogP contribution is -2.37. The highest BCUT2D eigenvalue weighted by molar-refractivity contribution is 5.92. The molecule has 3 aromatic carbocycles. The number of amides is 1. The molecule has 1 amide bonds. The molecule has 0 atom stereocenters. The lowest BCUT2D eigenvalue weighted by atomic mass is 9.95. The molecule has 0 spiro atoms. The van der Waals surface area contributed by atoms with Gasteiger partial charge in [-0.1, -0.05) is 60.2 Å². The van der Waals surface area contributed by atoms with Crippen molar-refractivity contribution in [3.63, 3.8) is 0 Å². The summed E-state index contributed by atoms with van der Waals surface area (Å²) in [5.41, 5.74) is 4.57. The number of anilines is 1. The van der Waals surface area contributed by atoms with E-state index in [0.29, 0.717) is 6.61 Å². The van der Waals surface area contributed by atoms with Gasteiger partial charge in [0.25, 0.3) is 0 Å². The molecule has 1 aliphatic heterocycles. The second-order valence-corrected chi connectivity index (χ2v) is 8.32. The van der Waals surface area contributed by atoms with Crippen LogP contribution in [0.5, 0.6) is 5.75 Å². The Hall–Kier alpha value is -3.11. The van der Waals surface area contributed by atoms with Crippen molar-refractivity contribution in [3.8, 4) is 5.75 Å². The molecular formula is C27H30N2O2. The van der Waals surface area contributed by atoms with Gasteiger partial charge in [-0.25, -0.2) is 0 Å². The van der Waals surface area contributed by atoms with Gasteiger partial charge in [0.1, 0.15) is 12.4 Å². The van der Waals surface area contributed by atoms with Crippen LogP contribution in [0.25, 0.3) is 0 Å². The van der Waals surface area contributed by atoms with Crippen molar-refractivity contribution >= 4 is 11.6 Å². The first-order valence-electron chi connectivity index (χ1n) is 11.0. The second kappa shape index (κ2) is 10.3. The van der Waals surface area contributed by atoms with Crippen LogP contribution in [0.3, 0.4) is 0 Å². The minimum Gasteiger partial charge on any atom is -0.489 e. The van der Waals surface area contributed by atoms with E-state index in [1.807, 2.05) is 54.6 Å². The van der Waals surface area contributed by atoms with Gasteiger partial charge in [0.05, 0.1) is 0 Å². The average Bonchev–Trinajstić information content (AvgIpc) is 2.81. The van der Waals surface area contributed by atoms with Gasteiger partial charge in [-0.3, -0.25) is 9.69 Å². The third-order valence-electron chi connectivity index (χ3n) is 5.86. The van der Waals surface area contributed by atoms with E-state index in [4.69, 9.17) is 4.74 Å². The zero-order valence-electron chi connectivity index (χ0n) is 18.1. The second-order valence-electron chi connectivity index (χ2n) is 8.32. The molecule has 0 unspecified atom stereocenters. The maximum atomic E-state index is 12.7. The molecule has 4 heteroatoms. The zero-order chi connectivity index (χ0) is 21.5. The number of ether oxygens (including phenoxy) is 1. The third-order valence-corrected chi connectivity index (χ3v) is 5.86. The Morgan fingerprint density at radius 3 is 2.26 bits per heavy atom. The van der Waals surface area contributed by atoms with E-state index in [1.54, 1.807) is 0 Å². The quantitative estimate of drug-likeness (QED) is 0.561. The molecule has 0 saturated carbocycles. The molecular weight excluding hydrogens is 384 g/mol. The molecule has 0 bridgehead atoms. The first-order chi connectivity index (χ1) is 15.2. The average molecular weight is 415 g/mol. The molecule has 4 nitrogen and oxygen atoms in total. The lowest BCUT2D eigenvalue weighted by Gasteiger charge is -2.31. The summed E-state index contributed by atoms with van der Waals surface area (Å²) < 4.78 is 5.82. The summed E-state index contributed by atoms with van der Waals surface area (Å²) in [4.78, 5) is 15.1. The SMILES string of the molecule is Cc1ccc(CN2CCC(C(=O)Nc3ccc(OCc4ccccc4)cc3)CC2)cc1. The normalized spacial score (nSPS) is 14.9. The highest BCUT2D eigenvalue weighted by Gasteiger charge is 2.25. The predicted molar refractivity (Wildman–Crippen MR) is 125 cm³/mol. The molecule has 1 N–H and O–H groups in total. The number of aryl methyl sites for hydroxylation is 1. The van der Waals surface area contributed by atoms with E-state index in [0.717, 1.165) is 49.5 Å². The van der Waals surface area contributed by atoms with Crippen molar-refractivity contribution in [2.45, 2.75) is 32.9 Å². The largest absolute Gasteiger partial charge is 0.489 e. The van der Waals surface area contributed by atoms with Gasteiger partial charge in [-0.2, -0.15) is 0 Å². The van der Waals surface area contributed by atoms with E-state index >= 15 is 0 Å². The van der Waals surface area contributed by atoms with E-state index in [2.05, 4.69) is 41.4 Å². The van der Waals surface area contributed by atoms with Crippen LogP contribution in [0, 0.1) is 12.8 Å². The maximum absolute atomic E-state index is 12.7. The van der Waals surface area contributed by atoms with Crippen LogP contribution < -0.4 is 10.1 Å². The standard InChI is InChI=1S/C27H30N2O2/c1-21-7-9-22(10-8-21)19-29-17-15-24(16-18-29)27(30)28-25-11-13-26(14-12-25)31-20-23-5-3-2-4-6-23/h2-14,24H,15-20H2,1H3,(H,28,30). The van der Waals surface area contributed by atoms with Gasteiger partial charge in [-0.05, 0) is 68.2 Å². The number of rotatable bonds is 7. The minimum absolute atomic E-state index is 0.0725. The van der Waals surface area contributed by atoms with E-state index in [1.165, 1.54) is 11.1 Å². The van der Waals surface area contributed by atoms with Gasteiger partial charge in [0.15, 0.2) is 0 Å². The first kappa shape index (κ1) is 21.1. The molecule has 0 aliphatic carbocycles. The van der Waals surface area contributed by atoms with Gasteiger partial charge in [-0.15, -0.1) is 0 Å². The number of carbonyl (C=O) groups excluding carboxylic acids is 1. The minimum atomic E-state index is 0.0725. The Morgan fingerprint density at radius 1 is 0.903 bits per heavy atom. The summed E-state index contributed by atoms with van der Waals surface area (Å²) in [6.07, 6.45) is 1.80. The highest BCUT2D eigenvalue weighted by Crippen LogP contribution is 2.22. The van der Waals surface area contributed by atoms with Crippen molar-refractivity contribution in [3.05, 3.63) is 95.6 Å². The summed E-state index contributed by atoms with van der Waals surface area (Å²) in [5.74, 6) is 0.988. The molecule has 1 heterocycles. The maximum Gasteiger partial charge on any atom is 0.227 e. The topological polar surface area (TPSA) is 41.6 Å². The van der Waals surface area contributed by atoms with Crippen molar-refractivity contribution in [1.82, 2.24) is 4.90 Å². The third kappa shape index (κ3) is 6.19. The fourth-order valence-electron chi connectivity index (χ4n) is 3.92. The Bertz CT molecular complexity index is 960. The van der Waals surface area contributed by atoms with Gasteiger partial charge in [0, 0.05) is 18.2 Å². The zero-order valence-corrected chi connectivity index (χ0v) is 18.1. The fraction of sp³-hybridized carbons (Fsp3) is 0.296. The van der Waals surface area contributed by atoms with E-state index < -0.39 is 0 Å². The molecule has 1 fully saturated rings. The van der Waals surface area contributed by atoms with Crippen LogP contribution in [-0.4, -0.2) is 23.9 Å². The predicted octanol–water partition coefficient (Wildman–Crippen LogP) is 5.42. The number of piperidine rings is 1. The van der Waals surface area contributed by atoms with Crippen molar-refractivity contribution in [1.29, 1.82) is 0 Å². The number of carbonyl (C=O) groups is 1. The van der Waals surface area contributed by atoms with E-state index in [9.17, 15) is 4.79 Å².